The lowest BCUT2D eigenvalue weighted by atomic mass is 10.0. The summed E-state index contributed by atoms with van der Waals surface area (Å²) in [5.41, 5.74) is 6.03. The van der Waals surface area contributed by atoms with Gasteiger partial charge in [-0.25, -0.2) is 9.78 Å². The largest absolute Gasteiger partial charge is 0.512 e. The molecule has 3 aliphatic rings. The summed E-state index contributed by atoms with van der Waals surface area (Å²) in [6.45, 7) is 0. The van der Waals surface area contributed by atoms with Gasteiger partial charge in [0.25, 0.3) is 11.8 Å². The van der Waals surface area contributed by atoms with Gasteiger partial charge < -0.3 is 30.5 Å². The molecule has 2 saturated heterocycles. The summed E-state index contributed by atoms with van der Waals surface area (Å²) in [5.74, 6) is -1.63. The number of oxime groups is 1. The van der Waals surface area contributed by atoms with Crippen molar-refractivity contribution in [3.05, 3.63) is 22.5 Å². The van der Waals surface area contributed by atoms with E-state index >= 15 is 0 Å². The minimum Gasteiger partial charge on any atom is -0.458 e. The SMILES string of the molecule is CO/N=C(\C(=O)N[C@@H]1C(=O)N2C(OC(=O)O)=C(C3CCC(=O)O3)CS[C@H]12)c1csc(N)n1. The Hall–Kier alpha value is -3.33. The number of aromatic nitrogens is 1. The number of rotatable bonds is 6. The number of esters is 1. The van der Waals surface area contributed by atoms with Crippen LogP contribution in [0, 0.1) is 0 Å². The zero-order valence-electron chi connectivity index (χ0n) is 16.5. The summed E-state index contributed by atoms with van der Waals surface area (Å²) in [6, 6.07) is -0.967. The van der Waals surface area contributed by atoms with Gasteiger partial charge in [-0.3, -0.25) is 19.3 Å². The second kappa shape index (κ2) is 8.66. The molecular weight excluding hydrogens is 466 g/mol. The Morgan fingerprint density at radius 1 is 1.44 bits per heavy atom. The normalized spacial score (nSPS) is 25.1. The Morgan fingerprint density at radius 2 is 2.22 bits per heavy atom. The van der Waals surface area contributed by atoms with Crippen molar-refractivity contribution in [3.8, 4) is 0 Å². The summed E-state index contributed by atoms with van der Waals surface area (Å²) in [4.78, 5) is 58.2. The number of β-lactam (4-membered cyclic amide) rings is 1. The van der Waals surface area contributed by atoms with Crippen molar-refractivity contribution < 1.29 is 38.6 Å². The molecule has 3 aliphatic heterocycles. The van der Waals surface area contributed by atoms with Crippen LogP contribution in [0.5, 0.6) is 0 Å². The average Bonchev–Trinajstić information content (AvgIpc) is 3.37. The standard InChI is InChI=1S/C17H17N5O8S2/c1-28-21-10(7-5-32-16(18)19-7)12(24)20-11-13(25)22-14(30-17(26)27)6(4-31-15(11)22)8-2-3-9(23)29-8/h5,8,11,15H,2-4H2,1H3,(H2,18,19)(H,20,24)(H,26,27)/b21-10-/t8?,11-,15-/m1/s1. The molecule has 1 aromatic heterocycles. The van der Waals surface area contributed by atoms with E-state index in [0.29, 0.717) is 12.0 Å². The highest BCUT2D eigenvalue weighted by Crippen LogP contribution is 2.43. The van der Waals surface area contributed by atoms with Crippen LogP contribution < -0.4 is 11.1 Å². The number of hydrogen-bond donors (Lipinski definition) is 3. The number of cyclic esters (lactones) is 1. The van der Waals surface area contributed by atoms with Gasteiger partial charge in [0, 0.05) is 23.1 Å². The number of anilines is 1. The third kappa shape index (κ3) is 3.95. The molecule has 32 heavy (non-hydrogen) atoms. The quantitative estimate of drug-likeness (QED) is 0.216. The molecule has 0 saturated carbocycles. The van der Waals surface area contributed by atoms with Crippen LogP contribution in [-0.2, 0) is 28.7 Å². The zero-order valence-corrected chi connectivity index (χ0v) is 18.1. The van der Waals surface area contributed by atoms with Gasteiger partial charge >= 0.3 is 12.1 Å². The molecule has 4 rings (SSSR count). The lowest BCUT2D eigenvalue weighted by Crippen LogP contribution is -2.70. The van der Waals surface area contributed by atoms with Crippen molar-refractivity contribution in [2.75, 3.05) is 18.6 Å². The Labute approximate surface area is 188 Å². The maximum absolute atomic E-state index is 12.8. The summed E-state index contributed by atoms with van der Waals surface area (Å²) in [6.07, 6.45) is -1.72. The van der Waals surface area contributed by atoms with Crippen molar-refractivity contribution in [2.24, 2.45) is 5.16 Å². The number of amides is 2. The fraction of sp³-hybridized carbons (Fsp3) is 0.412. The Bertz CT molecular complexity index is 1050. The van der Waals surface area contributed by atoms with E-state index in [1.807, 2.05) is 0 Å². The maximum atomic E-state index is 12.8. The van der Waals surface area contributed by atoms with E-state index in [1.165, 1.54) is 24.3 Å². The number of thioether (sulfide) groups is 1. The van der Waals surface area contributed by atoms with E-state index in [1.54, 1.807) is 0 Å². The first-order valence-corrected chi connectivity index (χ1v) is 11.1. The van der Waals surface area contributed by atoms with Crippen LogP contribution in [0.3, 0.4) is 0 Å². The van der Waals surface area contributed by atoms with Gasteiger partial charge in [-0.2, -0.15) is 0 Å². The van der Waals surface area contributed by atoms with Gasteiger partial charge in [-0.15, -0.1) is 23.1 Å². The molecule has 0 bridgehead atoms. The molecule has 1 aromatic rings. The second-order valence-corrected chi connectivity index (χ2v) is 8.76. The van der Waals surface area contributed by atoms with Crippen LogP contribution >= 0.6 is 23.1 Å². The van der Waals surface area contributed by atoms with Gasteiger partial charge in [0.1, 0.15) is 30.3 Å². The van der Waals surface area contributed by atoms with Crippen molar-refractivity contribution in [1.82, 2.24) is 15.2 Å². The minimum absolute atomic E-state index is 0.163. The lowest BCUT2D eigenvalue weighted by molar-refractivity contribution is -0.148. The van der Waals surface area contributed by atoms with Crippen LogP contribution in [0.15, 0.2) is 22.0 Å². The van der Waals surface area contributed by atoms with Gasteiger partial charge in [-0.05, 0) is 6.42 Å². The summed E-state index contributed by atoms with van der Waals surface area (Å²) in [5, 5.41) is 16.5. The number of ether oxygens (including phenoxy) is 2. The minimum atomic E-state index is -1.61. The van der Waals surface area contributed by atoms with Gasteiger partial charge in [0.15, 0.2) is 10.8 Å². The Kier molecular flexibility index (Phi) is 5.92. The molecule has 0 radical (unpaired) electrons. The maximum Gasteiger partial charge on any atom is 0.512 e. The zero-order chi connectivity index (χ0) is 23.0. The smallest absolute Gasteiger partial charge is 0.458 e. The van der Waals surface area contributed by atoms with Gasteiger partial charge in [0.2, 0.25) is 5.88 Å². The van der Waals surface area contributed by atoms with Crippen molar-refractivity contribution in [2.45, 2.75) is 30.4 Å². The number of nitrogens with one attached hydrogen (secondary N) is 1. The van der Waals surface area contributed by atoms with E-state index in [9.17, 15) is 19.2 Å². The lowest BCUT2D eigenvalue weighted by Gasteiger charge is -2.49. The fourth-order valence-corrected chi connectivity index (χ4v) is 5.41. The Morgan fingerprint density at radius 3 is 2.81 bits per heavy atom. The molecule has 3 atom stereocenters. The third-order valence-electron chi connectivity index (χ3n) is 4.85. The molecule has 1 unspecified atom stereocenters. The molecule has 0 aromatic carbocycles. The summed E-state index contributed by atoms with van der Waals surface area (Å²) in [7, 11) is 1.26. The highest BCUT2D eigenvalue weighted by molar-refractivity contribution is 8.00. The first kappa shape index (κ1) is 21.9. The number of thiazole rings is 1. The second-order valence-electron chi connectivity index (χ2n) is 6.77. The highest BCUT2D eigenvalue weighted by atomic mass is 32.2. The number of carboxylic acid groups (broad SMARTS) is 1. The van der Waals surface area contributed by atoms with E-state index in [2.05, 4.69) is 15.5 Å². The van der Waals surface area contributed by atoms with Crippen molar-refractivity contribution in [1.29, 1.82) is 0 Å². The first-order valence-electron chi connectivity index (χ1n) is 9.21. The van der Waals surface area contributed by atoms with Gasteiger partial charge in [-0.1, -0.05) is 5.16 Å². The molecule has 0 aliphatic carbocycles. The van der Waals surface area contributed by atoms with Gasteiger partial charge in [0.05, 0.1) is 0 Å². The number of fused-ring (bicyclic) bond motifs is 1. The number of nitrogens with zero attached hydrogens (tertiary/aromatic N) is 3. The van der Waals surface area contributed by atoms with E-state index in [-0.39, 0.29) is 34.6 Å². The number of nitrogen functional groups attached to an aromatic ring is 1. The van der Waals surface area contributed by atoms with Crippen LogP contribution in [-0.4, -0.2) is 75.0 Å². The third-order valence-corrected chi connectivity index (χ3v) is 6.83. The van der Waals surface area contributed by atoms with E-state index in [0.717, 1.165) is 16.2 Å². The molecule has 13 nitrogen and oxygen atoms in total. The molecular formula is C17H17N5O8S2. The topological polar surface area (TPSA) is 183 Å². The molecule has 2 amide bonds. The fourth-order valence-electron chi connectivity index (χ4n) is 3.48. The number of carbonyl (C=O) groups is 4. The summed E-state index contributed by atoms with van der Waals surface area (Å²) >= 11 is 2.39. The predicted octanol–water partition coefficient (Wildman–Crippen LogP) is 0.0875. The van der Waals surface area contributed by atoms with Crippen LogP contribution in [0.2, 0.25) is 0 Å². The first-order chi connectivity index (χ1) is 15.3. The predicted molar refractivity (Wildman–Crippen MR) is 110 cm³/mol. The molecule has 0 spiro atoms. The number of carbonyl (C=O) groups excluding carboxylic acids is 3. The molecule has 170 valence electrons. The molecule has 15 heteroatoms. The average molecular weight is 483 g/mol. The monoisotopic (exact) mass is 483 g/mol. The van der Waals surface area contributed by atoms with Crippen LogP contribution in [0.25, 0.3) is 0 Å². The number of nitrogens with two attached hydrogens (primary N) is 1. The van der Waals surface area contributed by atoms with E-state index in [4.69, 9.17) is 25.2 Å². The van der Waals surface area contributed by atoms with Crippen LogP contribution in [0.1, 0.15) is 18.5 Å². The van der Waals surface area contributed by atoms with Crippen molar-refractivity contribution >= 4 is 57.9 Å². The molecule has 4 heterocycles. The molecule has 2 fully saturated rings. The molecule has 4 N–H and O–H groups in total. The summed E-state index contributed by atoms with van der Waals surface area (Å²) < 4.78 is 10.1. The van der Waals surface area contributed by atoms with E-state index < -0.39 is 41.5 Å². The van der Waals surface area contributed by atoms with Crippen LogP contribution in [0.4, 0.5) is 9.93 Å². The highest BCUT2D eigenvalue weighted by Gasteiger charge is 2.55. The number of hydrogen-bond acceptors (Lipinski definition) is 12. The Balaban J connectivity index is 1.54. The van der Waals surface area contributed by atoms with Crippen molar-refractivity contribution in [3.63, 3.8) is 0 Å².